The van der Waals surface area contributed by atoms with Crippen molar-refractivity contribution in [2.45, 2.75) is 26.3 Å². The maximum Gasteiger partial charge on any atom is 0.122 e. The number of aromatic hydroxyl groups is 1. The molecule has 1 fully saturated rings. The van der Waals surface area contributed by atoms with Crippen molar-refractivity contribution in [1.29, 1.82) is 0 Å². The van der Waals surface area contributed by atoms with Gasteiger partial charge in [0.2, 0.25) is 0 Å². The summed E-state index contributed by atoms with van der Waals surface area (Å²) in [4.78, 5) is 2.35. The molecule has 17 heavy (non-hydrogen) atoms. The largest absolute Gasteiger partial charge is 0.508 e. The van der Waals surface area contributed by atoms with Gasteiger partial charge in [0, 0.05) is 36.4 Å². The summed E-state index contributed by atoms with van der Waals surface area (Å²) in [6.07, 6.45) is 1.25. The molecule has 1 aromatic carbocycles. The molecule has 3 heteroatoms. The molecule has 3 nitrogen and oxygen atoms in total. The second kappa shape index (κ2) is 4.96. The molecular weight excluding hydrogens is 212 g/mol. The van der Waals surface area contributed by atoms with Crippen LogP contribution < -0.4 is 10.2 Å². The van der Waals surface area contributed by atoms with E-state index in [1.807, 2.05) is 26.1 Å². The quantitative estimate of drug-likeness (QED) is 0.843. The Morgan fingerprint density at radius 3 is 2.76 bits per heavy atom. The summed E-state index contributed by atoms with van der Waals surface area (Å²) in [5.41, 5.74) is 2.10. The van der Waals surface area contributed by atoms with Crippen LogP contribution in [0.2, 0.25) is 0 Å². The number of phenolic OH excluding ortho intramolecular Hbond substituents is 1. The molecule has 1 saturated heterocycles. The van der Waals surface area contributed by atoms with Crippen LogP contribution >= 0.6 is 0 Å². The van der Waals surface area contributed by atoms with Gasteiger partial charge in [-0.25, -0.2) is 0 Å². The summed E-state index contributed by atoms with van der Waals surface area (Å²) in [6.45, 7) is 6.52. The van der Waals surface area contributed by atoms with E-state index in [2.05, 4.69) is 23.2 Å². The van der Waals surface area contributed by atoms with Crippen molar-refractivity contribution in [2.75, 3.05) is 25.0 Å². The van der Waals surface area contributed by atoms with Crippen LogP contribution in [0.25, 0.3) is 0 Å². The lowest BCUT2D eigenvalue weighted by molar-refractivity contribution is 0.458. The van der Waals surface area contributed by atoms with E-state index in [0.29, 0.717) is 5.75 Å². The lowest BCUT2D eigenvalue weighted by atomic mass is 10.1. The molecule has 2 N–H and O–H groups in total. The molecule has 1 heterocycles. The van der Waals surface area contributed by atoms with E-state index in [-0.39, 0.29) is 6.04 Å². The minimum absolute atomic E-state index is 0.182. The van der Waals surface area contributed by atoms with E-state index in [1.165, 1.54) is 6.42 Å². The third-order valence-electron chi connectivity index (χ3n) is 3.70. The van der Waals surface area contributed by atoms with Crippen molar-refractivity contribution < 1.29 is 5.11 Å². The van der Waals surface area contributed by atoms with Crippen molar-refractivity contribution in [3.05, 3.63) is 23.8 Å². The summed E-state index contributed by atoms with van der Waals surface area (Å²) in [5, 5.41) is 13.2. The maximum absolute atomic E-state index is 10.1. The Balaban J connectivity index is 2.19. The second-order valence-electron chi connectivity index (χ2n) is 5.09. The molecule has 0 spiro atoms. The number of nitrogens with zero attached hydrogens (tertiary/aromatic N) is 1. The highest BCUT2D eigenvalue weighted by Crippen LogP contribution is 2.31. The Labute approximate surface area is 103 Å². The average Bonchev–Trinajstić information content (AvgIpc) is 2.75. The van der Waals surface area contributed by atoms with Gasteiger partial charge in [0.25, 0.3) is 0 Å². The molecule has 0 radical (unpaired) electrons. The van der Waals surface area contributed by atoms with E-state index in [0.717, 1.165) is 30.3 Å². The average molecular weight is 234 g/mol. The number of phenols is 1. The lowest BCUT2D eigenvalue weighted by Gasteiger charge is -2.20. The Hall–Kier alpha value is -1.22. The molecule has 0 aliphatic carbocycles. The monoisotopic (exact) mass is 234 g/mol. The summed E-state index contributed by atoms with van der Waals surface area (Å²) in [5.74, 6) is 1.15. The first-order valence-corrected chi connectivity index (χ1v) is 6.37. The van der Waals surface area contributed by atoms with Gasteiger partial charge >= 0.3 is 0 Å². The molecule has 94 valence electrons. The first-order chi connectivity index (χ1) is 8.11. The Kier molecular flexibility index (Phi) is 3.57. The summed E-state index contributed by atoms with van der Waals surface area (Å²) in [6, 6.07) is 6.21. The van der Waals surface area contributed by atoms with Crippen LogP contribution in [-0.2, 0) is 0 Å². The summed E-state index contributed by atoms with van der Waals surface area (Å²) < 4.78 is 0. The van der Waals surface area contributed by atoms with E-state index < -0.39 is 0 Å². The highest BCUT2D eigenvalue weighted by molar-refractivity contribution is 5.54. The van der Waals surface area contributed by atoms with Crippen molar-refractivity contribution in [2.24, 2.45) is 5.92 Å². The number of nitrogens with one attached hydrogen (secondary N) is 1. The van der Waals surface area contributed by atoms with Crippen molar-refractivity contribution >= 4 is 5.69 Å². The van der Waals surface area contributed by atoms with Gasteiger partial charge in [-0.15, -0.1) is 0 Å². The Bertz CT molecular complexity index is 392. The standard InChI is InChI=1S/C14H22N2O/c1-10-6-7-16(9-10)12-4-5-13(11(2)15-3)14(17)8-12/h4-5,8,10-11,15,17H,6-7,9H2,1-3H3. The van der Waals surface area contributed by atoms with Crippen LogP contribution in [-0.4, -0.2) is 25.2 Å². The van der Waals surface area contributed by atoms with E-state index >= 15 is 0 Å². The SMILES string of the molecule is CNC(C)c1ccc(N2CCC(C)C2)cc1O. The fourth-order valence-corrected chi connectivity index (χ4v) is 2.42. The molecule has 1 aromatic rings. The van der Waals surface area contributed by atoms with Crippen LogP contribution in [0.3, 0.4) is 0 Å². The molecular formula is C14H22N2O. The van der Waals surface area contributed by atoms with Gasteiger partial charge in [-0.3, -0.25) is 0 Å². The number of rotatable bonds is 3. The van der Waals surface area contributed by atoms with Gasteiger partial charge in [-0.05, 0) is 32.4 Å². The normalized spacial score (nSPS) is 21.8. The molecule has 0 saturated carbocycles. The molecule has 1 aliphatic heterocycles. The van der Waals surface area contributed by atoms with Gasteiger partial charge in [-0.2, -0.15) is 0 Å². The Morgan fingerprint density at radius 2 is 2.24 bits per heavy atom. The fraction of sp³-hybridized carbons (Fsp3) is 0.571. The smallest absolute Gasteiger partial charge is 0.122 e. The molecule has 0 amide bonds. The van der Waals surface area contributed by atoms with Crippen LogP contribution in [0, 0.1) is 5.92 Å². The maximum atomic E-state index is 10.1. The minimum atomic E-state index is 0.182. The van der Waals surface area contributed by atoms with E-state index in [1.54, 1.807) is 0 Å². The molecule has 0 bridgehead atoms. The molecule has 2 unspecified atom stereocenters. The molecule has 2 rings (SSSR count). The highest BCUT2D eigenvalue weighted by atomic mass is 16.3. The predicted octanol–water partition coefficient (Wildman–Crippen LogP) is 2.52. The van der Waals surface area contributed by atoms with Crippen molar-refractivity contribution in [3.63, 3.8) is 0 Å². The third-order valence-corrected chi connectivity index (χ3v) is 3.70. The molecule has 2 atom stereocenters. The fourth-order valence-electron chi connectivity index (χ4n) is 2.42. The van der Waals surface area contributed by atoms with Gasteiger partial charge in [0.15, 0.2) is 0 Å². The zero-order chi connectivity index (χ0) is 12.4. The first-order valence-electron chi connectivity index (χ1n) is 6.37. The summed E-state index contributed by atoms with van der Waals surface area (Å²) >= 11 is 0. The molecule has 0 aromatic heterocycles. The van der Waals surface area contributed by atoms with Crippen LogP contribution in [0.15, 0.2) is 18.2 Å². The predicted molar refractivity (Wildman–Crippen MR) is 71.6 cm³/mol. The van der Waals surface area contributed by atoms with Crippen molar-refractivity contribution in [3.8, 4) is 5.75 Å². The van der Waals surface area contributed by atoms with Gasteiger partial charge in [0.05, 0.1) is 0 Å². The van der Waals surface area contributed by atoms with E-state index in [4.69, 9.17) is 0 Å². The van der Waals surface area contributed by atoms with E-state index in [9.17, 15) is 5.11 Å². The van der Waals surface area contributed by atoms with Gasteiger partial charge < -0.3 is 15.3 Å². The number of anilines is 1. The lowest BCUT2D eigenvalue weighted by Crippen LogP contribution is -2.19. The van der Waals surface area contributed by atoms with Gasteiger partial charge in [-0.1, -0.05) is 13.0 Å². The van der Waals surface area contributed by atoms with Crippen LogP contribution in [0.5, 0.6) is 5.75 Å². The first kappa shape index (κ1) is 12.2. The number of benzene rings is 1. The van der Waals surface area contributed by atoms with Crippen LogP contribution in [0.4, 0.5) is 5.69 Å². The number of hydrogen-bond donors (Lipinski definition) is 2. The Morgan fingerprint density at radius 1 is 1.47 bits per heavy atom. The summed E-state index contributed by atoms with van der Waals surface area (Å²) in [7, 11) is 1.90. The number of hydrogen-bond acceptors (Lipinski definition) is 3. The molecule has 1 aliphatic rings. The van der Waals surface area contributed by atoms with Crippen LogP contribution in [0.1, 0.15) is 31.9 Å². The zero-order valence-electron chi connectivity index (χ0n) is 10.9. The minimum Gasteiger partial charge on any atom is -0.508 e. The zero-order valence-corrected chi connectivity index (χ0v) is 10.9. The van der Waals surface area contributed by atoms with Gasteiger partial charge in [0.1, 0.15) is 5.75 Å². The highest BCUT2D eigenvalue weighted by Gasteiger charge is 2.20. The topological polar surface area (TPSA) is 35.5 Å². The third kappa shape index (κ3) is 2.55. The van der Waals surface area contributed by atoms with Crippen molar-refractivity contribution in [1.82, 2.24) is 5.32 Å². The second-order valence-corrected chi connectivity index (χ2v) is 5.09.